The molecule has 1 amide bonds. The number of halogens is 1. The molecule has 3 heterocycles. The van der Waals surface area contributed by atoms with Gasteiger partial charge in [0.15, 0.2) is 17.3 Å². The summed E-state index contributed by atoms with van der Waals surface area (Å²) in [6.07, 6.45) is 2.57. The number of amides is 1. The first-order chi connectivity index (χ1) is 19.9. The van der Waals surface area contributed by atoms with E-state index in [1.165, 1.54) is 0 Å². The van der Waals surface area contributed by atoms with Crippen molar-refractivity contribution in [3.05, 3.63) is 88.3 Å². The molecule has 2 aromatic heterocycles. The molecular formula is C30H29ClN6O4. The molecule has 0 saturated carbocycles. The minimum Gasteiger partial charge on any atom is -0.507 e. The van der Waals surface area contributed by atoms with E-state index in [1.807, 2.05) is 73.7 Å². The summed E-state index contributed by atoms with van der Waals surface area (Å²) in [6, 6.07) is 16.9. The first-order valence-electron chi connectivity index (χ1n) is 13.2. The molecule has 3 N–H and O–H groups in total. The second kappa shape index (κ2) is 11.1. The van der Waals surface area contributed by atoms with Crippen molar-refractivity contribution in [2.75, 3.05) is 34.0 Å². The minimum atomic E-state index is -0.352. The molecule has 41 heavy (non-hydrogen) atoms. The number of nitrogens with zero attached hydrogens (tertiary/aromatic N) is 4. The van der Waals surface area contributed by atoms with Gasteiger partial charge in [-0.3, -0.25) is 9.36 Å². The molecule has 0 spiro atoms. The lowest BCUT2D eigenvalue weighted by Gasteiger charge is -2.13. The standard InChI is InChI=1S/C30H29ClN6O4/c1-36(2)9-8-32-30(39)29-35-34-28(37(29)16-19-6-7-26-27(12-19)41-17-40-26)23-13-22-20(15-33-24(22)14-25(23)38)10-18-4-3-5-21(31)11-18/h3-7,11-15,33,38H,8-10,16-17H2,1-2H3,(H,32,39). The lowest BCUT2D eigenvalue weighted by Crippen LogP contribution is -2.33. The molecule has 210 valence electrons. The van der Waals surface area contributed by atoms with Crippen molar-refractivity contribution in [3.8, 4) is 28.6 Å². The van der Waals surface area contributed by atoms with E-state index < -0.39 is 0 Å². The first-order valence-corrected chi connectivity index (χ1v) is 13.6. The number of aromatic hydroxyl groups is 1. The zero-order valence-corrected chi connectivity index (χ0v) is 23.4. The molecule has 5 aromatic rings. The minimum absolute atomic E-state index is 0.0209. The second-order valence-electron chi connectivity index (χ2n) is 10.2. The van der Waals surface area contributed by atoms with Crippen molar-refractivity contribution in [1.82, 2.24) is 30.0 Å². The second-order valence-corrected chi connectivity index (χ2v) is 10.7. The van der Waals surface area contributed by atoms with E-state index in [1.54, 1.807) is 10.6 Å². The molecule has 6 rings (SSSR count). The normalized spacial score (nSPS) is 12.4. The van der Waals surface area contributed by atoms with E-state index in [0.717, 1.165) is 27.6 Å². The predicted molar refractivity (Wildman–Crippen MR) is 156 cm³/mol. The average molecular weight is 573 g/mol. The molecule has 0 aliphatic carbocycles. The summed E-state index contributed by atoms with van der Waals surface area (Å²) < 4.78 is 12.7. The molecule has 0 saturated heterocycles. The van der Waals surface area contributed by atoms with E-state index in [9.17, 15) is 9.90 Å². The number of hydrogen-bond donors (Lipinski definition) is 3. The molecule has 0 radical (unpaired) electrons. The number of ether oxygens (including phenoxy) is 2. The molecule has 0 unspecified atom stereocenters. The fourth-order valence-corrected chi connectivity index (χ4v) is 5.14. The van der Waals surface area contributed by atoms with Gasteiger partial charge in [-0.05, 0) is 67.5 Å². The van der Waals surface area contributed by atoms with Gasteiger partial charge in [-0.2, -0.15) is 0 Å². The van der Waals surface area contributed by atoms with Gasteiger partial charge in [-0.25, -0.2) is 0 Å². The van der Waals surface area contributed by atoms with Crippen molar-refractivity contribution in [3.63, 3.8) is 0 Å². The van der Waals surface area contributed by atoms with E-state index in [-0.39, 0.29) is 30.8 Å². The summed E-state index contributed by atoms with van der Waals surface area (Å²) in [4.78, 5) is 18.5. The summed E-state index contributed by atoms with van der Waals surface area (Å²) in [6.45, 7) is 1.56. The van der Waals surface area contributed by atoms with Crippen LogP contribution in [-0.4, -0.2) is 69.6 Å². The number of aromatic nitrogens is 4. The van der Waals surface area contributed by atoms with Crippen LogP contribution in [0.3, 0.4) is 0 Å². The Hall–Kier alpha value is -4.54. The molecule has 1 aliphatic heterocycles. The van der Waals surface area contributed by atoms with Crippen molar-refractivity contribution < 1.29 is 19.4 Å². The number of phenolic OH excluding ortho intramolecular Hbond substituents is 1. The van der Waals surface area contributed by atoms with Crippen LogP contribution in [-0.2, 0) is 13.0 Å². The molecule has 10 nitrogen and oxygen atoms in total. The Labute approximate surface area is 241 Å². The van der Waals surface area contributed by atoms with Crippen LogP contribution in [0.4, 0.5) is 0 Å². The van der Waals surface area contributed by atoms with Gasteiger partial charge in [-0.1, -0.05) is 29.8 Å². The Balaban J connectivity index is 1.40. The summed E-state index contributed by atoms with van der Waals surface area (Å²) in [5.41, 5.74) is 4.21. The number of carbonyl (C=O) groups is 1. The SMILES string of the molecule is CN(C)CCNC(=O)c1nnc(-c2cc3c(Cc4cccc(Cl)c4)c[nH]c3cc2O)n1Cc1ccc2c(c1)OCO2. The third kappa shape index (κ3) is 5.57. The Morgan fingerprint density at radius 2 is 1.95 bits per heavy atom. The largest absolute Gasteiger partial charge is 0.507 e. The van der Waals surface area contributed by atoms with Gasteiger partial charge in [-0.15, -0.1) is 10.2 Å². The molecule has 11 heteroatoms. The quantitative estimate of drug-likeness (QED) is 0.239. The number of likely N-dealkylation sites (N-methyl/N-ethyl adjacent to an activating group) is 1. The molecule has 3 aromatic carbocycles. The summed E-state index contributed by atoms with van der Waals surface area (Å²) in [5.74, 6) is 1.49. The smallest absolute Gasteiger partial charge is 0.289 e. The van der Waals surface area contributed by atoms with Crippen molar-refractivity contribution in [1.29, 1.82) is 0 Å². The van der Waals surface area contributed by atoms with Gasteiger partial charge < -0.3 is 29.8 Å². The van der Waals surface area contributed by atoms with Gasteiger partial charge in [0.25, 0.3) is 5.91 Å². The van der Waals surface area contributed by atoms with Crippen LogP contribution in [0.5, 0.6) is 17.2 Å². The lowest BCUT2D eigenvalue weighted by molar-refractivity contribution is 0.0936. The number of rotatable bonds is 9. The Morgan fingerprint density at radius 3 is 2.78 bits per heavy atom. The maximum absolute atomic E-state index is 13.2. The van der Waals surface area contributed by atoms with Crippen LogP contribution in [0, 0.1) is 0 Å². The highest BCUT2D eigenvalue weighted by Crippen LogP contribution is 2.36. The van der Waals surface area contributed by atoms with E-state index in [4.69, 9.17) is 21.1 Å². The van der Waals surface area contributed by atoms with Crippen LogP contribution >= 0.6 is 11.6 Å². The average Bonchev–Trinajstić information content (AvgIpc) is 3.67. The molecule has 0 atom stereocenters. The molecule has 0 fully saturated rings. The predicted octanol–water partition coefficient (Wildman–Crippen LogP) is 4.44. The van der Waals surface area contributed by atoms with Gasteiger partial charge in [0, 0.05) is 41.3 Å². The van der Waals surface area contributed by atoms with Gasteiger partial charge >= 0.3 is 0 Å². The number of benzene rings is 3. The summed E-state index contributed by atoms with van der Waals surface area (Å²) in [7, 11) is 3.87. The van der Waals surface area contributed by atoms with Crippen molar-refractivity contribution >= 4 is 28.4 Å². The van der Waals surface area contributed by atoms with Crippen LogP contribution in [0.25, 0.3) is 22.3 Å². The number of nitrogens with one attached hydrogen (secondary N) is 2. The van der Waals surface area contributed by atoms with Crippen LogP contribution < -0.4 is 14.8 Å². The Bertz CT molecular complexity index is 1740. The number of H-pyrrole nitrogens is 1. The fourth-order valence-electron chi connectivity index (χ4n) is 4.92. The van der Waals surface area contributed by atoms with Crippen molar-refractivity contribution in [2.45, 2.75) is 13.0 Å². The summed E-state index contributed by atoms with van der Waals surface area (Å²) in [5, 5.41) is 24.3. The highest BCUT2D eigenvalue weighted by molar-refractivity contribution is 6.30. The highest BCUT2D eigenvalue weighted by Gasteiger charge is 2.24. The van der Waals surface area contributed by atoms with E-state index in [0.29, 0.717) is 47.4 Å². The third-order valence-corrected chi connectivity index (χ3v) is 7.22. The number of aromatic amines is 1. The Morgan fingerprint density at radius 1 is 1.10 bits per heavy atom. The zero-order valence-electron chi connectivity index (χ0n) is 22.6. The van der Waals surface area contributed by atoms with Gasteiger partial charge in [0.2, 0.25) is 12.6 Å². The molecule has 1 aliphatic rings. The first kappa shape index (κ1) is 26.7. The molecular weight excluding hydrogens is 544 g/mol. The number of phenols is 1. The zero-order chi connectivity index (χ0) is 28.5. The van der Waals surface area contributed by atoms with E-state index in [2.05, 4.69) is 20.5 Å². The van der Waals surface area contributed by atoms with Crippen LogP contribution in [0.1, 0.15) is 27.3 Å². The van der Waals surface area contributed by atoms with Gasteiger partial charge in [0.05, 0.1) is 12.1 Å². The number of carbonyl (C=O) groups excluding carboxylic acids is 1. The molecule has 0 bridgehead atoms. The van der Waals surface area contributed by atoms with Crippen LogP contribution in [0.15, 0.2) is 60.8 Å². The monoisotopic (exact) mass is 572 g/mol. The van der Waals surface area contributed by atoms with Gasteiger partial charge in [0.1, 0.15) is 5.75 Å². The summed E-state index contributed by atoms with van der Waals surface area (Å²) >= 11 is 6.21. The fraction of sp³-hybridized carbons (Fsp3) is 0.233. The Kier molecular flexibility index (Phi) is 7.25. The lowest BCUT2D eigenvalue weighted by atomic mass is 10.0. The third-order valence-electron chi connectivity index (χ3n) is 6.98. The van der Waals surface area contributed by atoms with E-state index >= 15 is 0 Å². The topological polar surface area (TPSA) is 118 Å². The maximum atomic E-state index is 13.2. The highest BCUT2D eigenvalue weighted by atomic mass is 35.5. The number of fused-ring (bicyclic) bond motifs is 2. The number of hydrogen-bond acceptors (Lipinski definition) is 7. The van der Waals surface area contributed by atoms with Crippen molar-refractivity contribution in [2.24, 2.45) is 0 Å². The maximum Gasteiger partial charge on any atom is 0.289 e. The van der Waals surface area contributed by atoms with Crippen LogP contribution in [0.2, 0.25) is 5.02 Å².